The molecular weight excluding hydrogens is 190 g/mol. The van der Waals surface area contributed by atoms with Crippen molar-refractivity contribution in [3.05, 3.63) is 0 Å². The monoisotopic (exact) mass is 213 g/mol. The van der Waals surface area contributed by atoms with Crippen LogP contribution in [0.5, 0.6) is 0 Å². The molecule has 1 unspecified atom stereocenters. The summed E-state index contributed by atoms with van der Waals surface area (Å²) in [6.07, 6.45) is 2.29. The first-order chi connectivity index (χ1) is 7.24. The van der Waals surface area contributed by atoms with E-state index in [9.17, 15) is 0 Å². The largest absolute Gasteiger partial charge is 0.379 e. The molecule has 1 saturated carbocycles. The van der Waals surface area contributed by atoms with E-state index in [1.165, 1.54) is 0 Å². The van der Waals surface area contributed by atoms with Crippen LogP contribution in [0.25, 0.3) is 0 Å². The van der Waals surface area contributed by atoms with Crippen LogP contribution >= 0.6 is 0 Å². The zero-order chi connectivity index (χ0) is 10.7. The topological polar surface area (TPSA) is 50.5 Å². The third-order valence-electron chi connectivity index (χ3n) is 3.33. The number of nitrogens with one attached hydrogen (secondary N) is 1. The van der Waals surface area contributed by atoms with Crippen molar-refractivity contribution in [3.63, 3.8) is 0 Å². The second kappa shape index (κ2) is 5.25. The number of morpholine rings is 1. The van der Waals surface area contributed by atoms with Gasteiger partial charge in [-0.2, -0.15) is 0 Å². The minimum absolute atomic E-state index is 0.443. The quantitative estimate of drug-likeness (QED) is 0.678. The van der Waals surface area contributed by atoms with Gasteiger partial charge < -0.3 is 15.8 Å². The smallest absolute Gasteiger partial charge is 0.0594 e. The summed E-state index contributed by atoms with van der Waals surface area (Å²) >= 11 is 0. The fraction of sp³-hybridized carbons (Fsp3) is 1.00. The molecule has 0 aromatic heterocycles. The lowest BCUT2D eigenvalue weighted by Gasteiger charge is -2.37. The first-order valence-corrected chi connectivity index (χ1v) is 6.06. The van der Waals surface area contributed by atoms with Crippen molar-refractivity contribution in [1.82, 2.24) is 10.2 Å². The van der Waals surface area contributed by atoms with Gasteiger partial charge in [-0.05, 0) is 19.8 Å². The molecule has 2 aliphatic rings. The molecule has 1 aliphatic carbocycles. The van der Waals surface area contributed by atoms with E-state index in [0.29, 0.717) is 18.1 Å². The molecule has 1 atom stereocenters. The third-order valence-corrected chi connectivity index (χ3v) is 3.33. The molecule has 15 heavy (non-hydrogen) atoms. The van der Waals surface area contributed by atoms with E-state index >= 15 is 0 Å². The van der Waals surface area contributed by atoms with Crippen molar-refractivity contribution in [3.8, 4) is 0 Å². The van der Waals surface area contributed by atoms with Crippen molar-refractivity contribution >= 4 is 0 Å². The molecule has 3 N–H and O–H groups in total. The number of ether oxygens (including phenoxy) is 1. The van der Waals surface area contributed by atoms with E-state index in [4.69, 9.17) is 10.5 Å². The van der Waals surface area contributed by atoms with Gasteiger partial charge in [0.15, 0.2) is 0 Å². The minimum atomic E-state index is 0.443. The average molecular weight is 213 g/mol. The fourth-order valence-electron chi connectivity index (χ4n) is 2.42. The summed E-state index contributed by atoms with van der Waals surface area (Å²) in [5.41, 5.74) is 5.76. The Morgan fingerprint density at radius 1 is 1.40 bits per heavy atom. The predicted molar refractivity (Wildman–Crippen MR) is 60.9 cm³/mol. The van der Waals surface area contributed by atoms with Crippen LogP contribution in [0.4, 0.5) is 0 Å². The van der Waals surface area contributed by atoms with Crippen molar-refractivity contribution < 1.29 is 4.74 Å². The van der Waals surface area contributed by atoms with Gasteiger partial charge in [-0.15, -0.1) is 0 Å². The van der Waals surface area contributed by atoms with Crippen molar-refractivity contribution in [2.24, 2.45) is 5.73 Å². The van der Waals surface area contributed by atoms with Crippen LogP contribution in [0.15, 0.2) is 0 Å². The summed E-state index contributed by atoms with van der Waals surface area (Å²) in [5.74, 6) is 0. The van der Waals surface area contributed by atoms with E-state index < -0.39 is 0 Å². The van der Waals surface area contributed by atoms with E-state index in [2.05, 4.69) is 17.1 Å². The van der Waals surface area contributed by atoms with Gasteiger partial charge in [0.25, 0.3) is 0 Å². The molecule has 0 amide bonds. The van der Waals surface area contributed by atoms with Crippen molar-refractivity contribution in [2.45, 2.75) is 37.9 Å². The van der Waals surface area contributed by atoms with Crippen LogP contribution in [0.1, 0.15) is 19.8 Å². The molecule has 1 heterocycles. The maximum atomic E-state index is 5.76. The van der Waals surface area contributed by atoms with Crippen LogP contribution in [0.2, 0.25) is 0 Å². The molecule has 88 valence electrons. The summed E-state index contributed by atoms with van der Waals surface area (Å²) in [4.78, 5) is 2.47. The van der Waals surface area contributed by atoms with E-state index in [-0.39, 0.29) is 0 Å². The molecule has 1 aliphatic heterocycles. The van der Waals surface area contributed by atoms with Crippen molar-refractivity contribution in [1.29, 1.82) is 0 Å². The highest BCUT2D eigenvalue weighted by Crippen LogP contribution is 2.18. The van der Waals surface area contributed by atoms with Crippen LogP contribution in [0, 0.1) is 0 Å². The van der Waals surface area contributed by atoms with E-state index in [1.54, 1.807) is 0 Å². The summed E-state index contributed by atoms with van der Waals surface area (Å²) in [6, 6.07) is 1.68. The van der Waals surface area contributed by atoms with Crippen molar-refractivity contribution in [2.75, 3.05) is 32.8 Å². The number of nitrogens with two attached hydrogens (primary N) is 1. The molecule has 2 rings (SSSR count). The minimum Gasteiger partial charge on any atom is -0.379 e. The Bertz CT molecular complexity index is 188. The third kappa shape index (κ3) is 3.41. The van der Waals surface area contributed by atoms with Gasteiger partial charge >= 0.3 is 0 Å². The normalized spacial score (nSPS) is 34.8. The Morgan fingerprint density at radius 2 is 2.07 bits per heavy atom. The maximum Gasteiger partial charge on any atom is 0.0594 e. The first-order valence-electron chi connectivity index (χ1n) is 6.06. The molecule has 2 fully saturated rings. The van der Waals surface area contributed by atoms with Gasteiger partial charge in [-0.1, -0.05) is 0 Å². The summed E-state index contributed by atoms with van der Waals surface area (Å²) in [7, 11) is 0. The van der Waals surface area contributed by atoms with Gasteiger partial charge in [-0.25, -0.2) is 0 Å². The molecule has 0 radical (unpaired) electrons. The fourth-order valence-corrected chi connectivity index (χ4v) is 2.42. The molecule has 4 nitrogen and oxygen atoms in total. The van der Waals surface area contributed by atoms with E-state index in [0.717, 1.165) is 45.7 Å². The second-order valence-corrected chi connectivity index (χ2v) is 4.91. The molecule has 0 aromatic rings. The molecular formula is C11H23N3O. The predicted octanol–water partition coefficient (Wildman–Crippen LogP) is -0.214. The Morgan fingerprint density at radius 3 is 2.67 bits per heavy atom. The van der Waals surface area contributed by atoms with Crippen LogP contribution in [-0.2, 0) is 4.74 Å². The lowest BCUT2D eigenvalue weighted by Crippen LogP contribution is -2.54. The molecule has 1 saturated heterocycles. The summed E-state index contributed by atoms with van der Waals surface area (Å²) < 4.78 is 5.33. The highest BCUT2D eigenvalue weighted by atomic mass is 16.5. The lowest BCUT2D eigenvalue weighted by atomic mass is 9.87. The number of hydrogen-bond donors (Lipinski definition) is 2. The molecule has 0 bridgehead atoms. The Kier molecular flexibility index (Phi) is 3.97. The first kappa shape index (κ1) is 11.3. The van der Waals surface area contributed by atoms with Gasteiger partial charge in [0.05, 0.1) is 13.2 Å². The van der Waals surface area contributed by atoms with Gasteiger partial charge in [0, 0.05) is 37.8 Å². The van der Waals surface area contributed by atoms with Crippen LogP contribution in [-0.4, -0.2) is 55.9 Å². The standard InChI is InChI=1S/C11H23N3O/c1-9(13-11-6-10(12)7-11)8-14-2-4-15-5-3-14/h9-11,13H,2-8,12H2,1H3. The van der Waals surface area contributed by atoms with Gasteiger partial charge in [0.2, 0.25) is 0 Å². The number of hydrogen-bond acceptors (Lipinski definition) is 4. The Hall–Kier alpha value is -0.160. The highest BCUT2D eigenvalue weighted by Gasteiger charge is 2.27. The Labute approximate surface area is 92.1 Å². The number of rotatable bonds is 4. The average Bonchev–Trinajstić information content (AvgIpc) is 2.17. The molecule has 0 spiro atoms. The zero-order valence-corrected chi connectivity index (χ0v) is 9.61. The van der Waals surface area contributed by atoms with Crippen LogP contribution < -0.4 is 11.1 Å². The SMILES string of the molecule is CC(CN1CCOCC1)NC1CC(N)C1. The number of nitrogens with zero attached hydrogens (tertiary/aromatic N) is 1. The van der Waals surface area contributed by atoms with Crippen LogP contribution in [0.3, 0.4) is 0 Å². The summed E-state index contributed by atoms with van der Waals surface area (Å²) in [5, 5.41) is 3.63. The second-order valence-electron chi connectivity index (χ2n) is 4.91. The highest BCUT2D eigenvalue weighted by molar-refractivity contribution is 4.89. The van der Waals surface area contributed by atoms with E-state index in [1.807, 2.05) is 0 Å². The molecule has 0 aromatic carbocycles. The maximum absolute atomic E-state index is 5.76. The lowest BCUT2D eigenvalue weighted by molar-refractivity contribution is 0.0330. The summed E-state index contributed by atoms with van der Waals surface area (Å²) in [6.45, 7) is 7.34. The molecule has 4 heteroatoms. The van der Waals surface area contributed by atoms with Gasteiger partial charge in [0.1, 0.15) is 0 Å². The Balaban J connectivity index is 1.61. The zero-order valence-electron chi connectivity index (χ0n) is 9.61. The van der Waals surface area contributed by atoms with Gasteiger partial charge in [-0.3, -0.25) is 4.90 Å².